The third-order valence-electron chi connectivity index (χ3n) is 5.23. The maximum atomic E-state index is 13.2. The molecule has 0 saturated carbocycles. The molecule has 1 unspecified atom stereocenters. The van der Waals surface area contributed by atoms with Crippen LogP contribution in [0.4, 0.5) is 15.6 Å². The SMILES string of the molecule is CCc1ccccc1NC(=O)NC(Cc1ccccc1)C(=O)Nc1nnc(-c2ccccc2)s1. The van der Waals surface area contributed by atoms with E-state index in [1.165, 1.54) is 11.3 Å². The summed E-state index contributed by atoms with van der Waals surface area (Å²) in [5.74, 6) is -0.362. The van der Waals surface area contributed by atoms with Crippen LogP contribution < -0.4 is 16.0 Å². The van der Waals surface area contributed by atoms with Crippen LogP contribution in [-0.2, 0) is 17.6 Å². The summed E-state index contributed by atoms with van der Waals surface area (Å²) in [6.45, 7) is 2.02. The van der Waals surface area contributed by atoms with E-state index in [1.807, 2.05) is 91.9 Å². The first-order valence-electron chi connectivity index (χ1n) is 11.0. The highest BCUT2D eigenvalue weighted by atomic mass is 32.1. The van der Waals surface area contributed by atoms with E-state index in [1.54, 1.807) is 0 Å². The summed E-state index contributed by atoms with van der Waals surface area (Å²) in [5.41, 5.74) is 3.59. The van der Waals surface area contributed by atoms with Crippen LogP contribution in [0, 0.1) is 0 Å². The Kier molecular flexibility index (Phi) is 7.62. The van der Waals surface area contributed by atoms with E-state index in [2.05, 4.69) is 26.1 Å². The van der Waals surface area contributed by atoms with Crippen molar-refractivity contribution in [3.8, 4) is 10.6 Å². The minimum atomic E-state index is -0.805. The van der Waals surface area contributed by atoms with Crippen molar-refractivity contribution in [3.05, 3.63) is 96.1 Å². The fraction of sp³-hybridized carbons (Fsp3) is 0.154. The summed E-state index contributed by atoms with van der Waals surface area (Å²) in [4.78, 5) is 26.0. The fourth-order valence-electron chi connectivity index (χ4n) is 3.49. The molecule has 0 fully saturated rings. The number of hydrogen-bond donors (Lipinski definition) is 3. The van der Waals surface area contributed by atoms with E-state index in [4.69, 9.17) is 0 Å². The number of aryl methyl sites for hydroxylation is 1. The average Bonchev–Trinajstić information content (AvgIpc) is 3.33. The molecule has 3 aromatic carbocycles. The van der Waals surface area contributed by atoms with Crippen molar-refractivity contribution in [2.75, 3.05) is 10.6 Å². The molecule has 0 saturated heterocycles. The van der Waals surface area contributed by atoms with Crippen molar-refractivity contribution in [1.29, 1.82) is 0 Å². The summed E-state index contributed by atoms with van der Waals surface area (Å²) in [5, 5.41) is 17.8. The van der Waals surface area contributed by atoms with Gasteiger partial charge in [-0.3, -0.25) is 10.1 Å². The normalized spacial score (nSPS) is 11.4. The second-order valence-electron chi connectivity index (χ2n) is 7.62. The molecule has 7 nitrogen and oxygen atoms in total. The Morgan fingerprint density at radius 2 is 1.53 bits per heavy atom. The number of carbonyl (C=O) groups excluding carboxylic acids is 2. The molecule has 0 aliphatic heterocycles. The zero-order chi connectivity index (χ0) is 23.8. The van der Waals surface area contributed by atoms with E-state index in [0.717, 1.165) is 28.8 Å². The molecule has 3 N–H and O–H groups in total. The van der Waals surface area contributed by atoms with Gasteiger partial charge in [0.25, 0.3) is 0 Å². The van der Waals surface area contributed by atoms with Crippen molar-refractivity contribution in [3.63, 3.8) is 0 Å². The van der Waals surface area contributed by atoms with Gasteiger partial charge in [0.1, 0.15) is 11.0 Å². The van der Waals surface area contributed by atoms with Gasteiger partial charge in [0.2, 0.25) is 11.0 Å². The Hall–Kier alpha value is -4.04. The Bertz CT molecular complexity index is 1240. The van der Waals surface area contributed by atoms with Gasteiger partial charge >= 0.3 is 6.03 Å². The van der Waals surface area contributed by atoms with Gasteiger partial charge in [-0.25, -0.2) is 4.79 Å². The summed E-state index contributed by atoms with van der Waals surface area (Å²) in [6, 6.07) is 25.5. The Labute approximate surface area is 202 Å². The smallest absolute Gasteiger partial charge is 0.319 e. The molecular weight excluding hydrogens is 446 g/mol. The molecule has 1 heterocycles. The fourth-order valence-corrected chi connectivity index (χ4v) is 4.24. The monoisotopic (exact) mass is 471 g/mol. The summed E-state index contributed by atoms with van der Waals surface area (Å²) >= 11 is 1.28. The van der Waals surface area contributed by atoms with Gasteiger partial charge < -0.3 is 10.6 Å². The van der Waals surface area contributed by atoms with Crippen LogP contribution in [0.15, 0.2) is 84.9 Å². The Morgan fingerprint density at radius 3 is 2.26 bits per heavy atom. The van der Waals surface area contributed by atoms with E-state index in [0.29, 0.717) is 16.6 Å². The number of nitrogens with one attached hydrogen (secondary N) is 3. The van der Waals surface area contributed by atoms with Crippen molar-refractivity contribution >= 4 is 34.1 Å². The van der Waals surface area contributed by atoms with Crippen LogP contribution in [0.3, 0.4) is 0 Å². The van der Waals surface area contributed by atoms with Gasteiger partial charge in [-0.2, -0.15) is 0 Å². The van der Waals surface area contributed by atoms with Gasteiger partial charge in [-0.1, -0.05) is 97.1 Å². The zero-order valence-electron chi connectivity index (χ0n) is 18.7. The molecule has 8 heteroatoms. The highest BCUT2D eigenvalue weighted by Crippen LogP contribution is 2.26. The predicted octanol–water partition coefficient (Wildman–Crippen LogP) is 5.14. The number of anilines is 2. The lowest BCUT2D eigenvalue weighted by Crippen LogP contribution is -2.47. The number of rotatable bonds is 8. The minimum absolute atomic E-state index is 0.333. The molecule has 0 aliphatic carbocycles. The summed E-state index contributed by atoms with van der Waals surface area (Å²) < 4.78 is 0. The van der Waals surface area contributed by atoms with Gasteiger partial charge in [0.15, 0.2) is 0 Å². The van der Waals surface area contributed by atoms with Crippen LogP contribution in [0.2, 0.25) is 0 Å². The standard InChI is InChI=1S/C26H25N5O2S/c1-2-19-13-9-10-16-21(19)27-25(33)28-22(17-18-11-5-3-6-12-18)23(32)29-26-31-30-24(34-26)20-14-7-4-8-15-20/h3-16,22H,2,17H2,1H3,(H2,27,28,33)(H,29,31,32). The van der Waals surface area contributed by atoms with E-state index in [9.17, 15) is 9.59 Å². The molecule has 34 heavy (non-hydrogen) atoms. The lowest BCUT2D eigenvalue weighted by molar-refractivity contribution is -0.117. The molecule has 4 rings (SSSR count). The van der Waals surface area contributed by atoms with Crippen molar-refractivity contribution in [2.24, 2.45) is 0 Å². The van der Waals surface area contributed by atoms with Crippen molar-refractivity contribution < 1.29 is 9.59 Å². The first-order valence-corrected chi connectivity index (χ1v) is 11.8. The van der Waals surface area contributed by atoms with E-state index >= 15 is 0 Å². The molecule has 1 atom stereocenters. The first-order chi connectivity index (χ1) is 16.6. The van der Waals surface area contributed by atoms with E-state index < -0.39 is 12.1 Å². The van der Waals surface area contributed by atoms with Crippen molar-refractivity contribution in [1.82, 2.24) is 15.5 Å². The number of carbonyl (C=O) groups is 2. The Balaban J connectivity index is 1.48. The van der Waals surface area contributed by atoms with Crippen LogP contribution in [0.25, 0.3) is 10.6 Å². The second kappa shape index (κ2) is 11.2. The summed E-state index contributed by atoms with van der Waals surface area (Å²) in [6.07, 6.45) is 1.12. The van der Waals surface area contributed by atoms with Crippen LogP contribution in [0.5, 0.6) is 0 Å². The van der Waals surface area contributed by atoms with Gasteiger partial charge in [0, 0.05) is 17.7 Å². The van der Waals surface area contributed by atoms with Crippen LogP contribution in [-0.4, -0.2) is 28.2 Å². The minimum Gasteiger partial charge on any atom is -0.326 e. The summed E-state index contributed by atoms with van der Waals surface area (Å²) in [7, 11) is 0. The molecule has 3 amide bonds. The zero-order valence-corrected chi connectivity index (χ0v) is 19.5. The third kappa shape index (κ3) is 6.05. The van der Waals surface area contributed by atoms with Crippen molar-refractivity contribution in [2.45, 2.75) is 25.8 Å². The quantitative estimate of drug-likeness (QED) is 0.332. The highest BCUT2D eigenvalue weighted by Gasteiger charge is 2.23. The lowest BCUT2D eigenvalue weighted by Gasteiger charge is -2.19. The molecule has 4 aromatic rings. The lowest BCUT2D eigenvalue weighted by atomic mass is 10.1. The maximum Gasteiger partial charge on any atom is 0.319 e. The number of nitrogens with zero attached hydrogens (tertiary/aromatic N) is 2. The largest absolute Gasteiger partial charge is 0.326 e. The maximum absolute atomic E-state index is 13.2. The van der Waals surface area contributed by atoms with Gasteiger partial charge in [0.05, 0.1) is 0 Å². The number of para-hydroxylation sites is 1. The Morgan fingerprint density at radius 1 is 0.853 bits per heavy atom. The molecular formula is C26H25N5O2S. The van der Waals surface area contributed by atoms with Crippen LogP contribution >= 0.6 is 11.3 Å². The first kappa shape index (κ1) is 23.1. The molecule has 0 aliphatic rings. The molecule has 0 radical (unpaired) electrons. The average molecular weight is 472 g/mol. The number of urea groups is 1. The second-order valence-corrected chi connectivity index (χ2v) is 8.60. The number of hydrogen-bond acceptors (Lipinski definition) is 5. The predicted molar refractivity (Wildman–Crippen MR) is 136 cm³/mol. The third-order valence-corrected chi connectivity index (χ3v) is 6.11. The molecule has 172 valence electrons. The number of benzene rings is 3. The molecule has 0 spiro atoms. The van der Waals surface area contributed by atoms with Crippen LogP contribution in [0.1, 0.15) is 18.1 Å². The number of amides is 3. The van der Waals surface area contributed by atoms with E-state index in [-0.39, 0.29) is 5.91 Å². The highest BCUT2D eigenvalue weighted by molar-refractivity contribution is 7.18. The van der Waals surface area contributed by atoms with Gasteiger partial charge in [-0.15, -0.1) is 10.2 Å². The molecule has 0 bridgehead atoms. The topological polar surface area (TPSA) is 96.0 Å². The number of aromatic nitrogens is 2. The molecule has 1 aromatic heterocycles. The van der Waals surface area contributed by atoms with Gasteiger partial charge in [-0.05, 0) is 23.6 Å².